The van der Waals surface area contributed by atoms with Gasteiger partial charge in [-0.1, -0.05) is 30.3 Å². The van der Waals surface area contributed by atoms with Crippen molar-refractivity contribution < 1.29 is 0 Å². The second-order valence-corrected chi connectivity index (χ2v) is 5.71. The van der Waals surface area contributed by atoms with Crippen molar-refractivity contribution in [1.29, 1.82) is 0 Å². The first-order chi connectivity index (χ1) is 11.1. The van der Waals surface area contributed by atoms with Gasteiger partial charge >= 0.3 is 0 Å². The van der Waals surface area contributed by atoms with Gasteiger partial charge in [0.2, 0.25) is 0 Å². The lowest BCUT2D eigenvalue weighted by molar-refractivity contribution is 0.401. The van der Waals surface area contributed by atoms with E-state index in [4.69, 9.17) is 5.73 Å². The molecule has 3 N–H and O–H groups in total. The fourth-order valence-electron chi connectivity index (χ4n) is 2.30. The van der Waals surface area contributed by atoms with Crippen LogP contribution in [0.3, 0.4) is 0 Å². The number of nitrogens with two attached hydrogens (primary N) is 1. The highest BCUT2D eigenvalue weighted by Crippen LogP contribution is 2.11. The first-order valence-electron chi connectivity index (χ1n) is 7.80. The second kappa shape index (κ2) is 11.0. The minimum atomic E-state index is 0. The van der Waals surface area contributed by atoms with Crippen molar-refractivity contribution in [1.82, 2.24) is 15.2 Å². The van der Waals surface area contributed by atoms with Crippen LogP contribution in [0.1, 0.15) is 16.8 Å². The summed E-state index contributed by atoms with van der Waals surface area (Å²) in [6.45, 7) is 2.22. The van der Waals surface area contributed by atoms with Gasteiger partial charge in [-0.15, -0.1) is 24.0 Å². The molecule has 130 valence electrons. The third kappa shape index (κ3) is 7.27. The summed E-state index contributed by atoms with van der Waals surface area (Å²) in [5, 5.41) is 3.14. The van der Waals surface area contributed by atoms with Crippen molar-refractivity contribution in [3.63, 3.8) is 0 Å². The van der Waals surface area contributed by atoms with E-state index in [0.29, 0.717) is 12.5 Å². The molecule has 2 rings (SSSR count). The number of nitrogens with one attached hydrogen (secondary N) is 1. The van der Waals surface area contributed by atoms with Crippen LogP contribution in [0.2, 0.25) is 0 Å². The smallest absolute Gasteiger partial charge is 0.188 e. The molecule has 0 aliphatic heterocycles. The van der Waals surface area contributed by atoms with E-state index >= 15 is 0 Å². The molecule has 0 saturated carbocycles. The van der Waals surface area contributed by atoms with Crippen molar-refractivity contribution in [2.45, 2.75) is 19.5 Å². The van der Waals surface area contributed by atoms with E-state index in [1.807, 2.05) is 24.3 Å². The molecule has 24 heavy (non-hydrogen) atoms. The number of pyridine rings is 1. The van der Waals surface area contributed by atoms with Gasteiger partial charge in [-0.2, -0.15) is 0 Å². The number of halogens is 1. The topological polar surface area (TPSA) is 66.5 Å². The molecule has 0 bridgehead atoms. The Morgan fingerprint density at radius 2 is 1.83 bits per heavy atom. The molecule has 1 aromatic carbocycles. The van der Waals surface area contributed by atoms with Gasteiger partial charge in [0, 0.05) is 31.4 Å². The summed E-state index contributed by atoms with van der Waals surface area (Å²) >= 11 is 0. The van der Waals surface area contributed by atoms with E-state index in [2.05, 4.69) is 52.5 Å². The number of aromatic nitrogens is 1. The second-order valence-electron chi connectivity index (χ2n) is 5.71. The van der Waals surface area contributed by atoms with Crippen LogP contribution in [0, 0.1) is 0 Å². The molecule has 0 atom stereocenters. The van der Waals surface area contributed by atoms with Gasteiger partial charge in [-0.25, -0.2) is 4.99 Å². The van der Waals surface area contributed by atoms with E-state index in [1.54, 1.807) is 6.20 Å². The fourth-order valence-corrected chi connectivity index (χ4v) is 2.30. The molecule has 0 aliphatic carbocycles. The molecule has 5 nitrogen and oxygen atoms in total. The highest BCUT2D eigenvalue weighted by molar-refractivity contribution is 14.0. The maximum absolute atomic E-state index is 5.95. The molecule has 0 saturated heterocycles. The van der Waals surface area contributed by atoms with Crippen LogP contribution in [0.4, 0.5) is 0 Å². The molecule has 1 heterocycles. The van der Waals surface area contributed by atoms with Crippen molar-refractivity contribution in [2.75, 3.05) is 20.6 Å². The average molecular weight is 439 g/mol. The summed E-state index contributed by atoms with van der Waals surface area (Å²) in [6.07, 6.45) is 2.63. The van der Waals surface area contributed by atoms with Gasteiger partial charge in [0.25, 0.3) is 0 Å². The lowest BCUT2D eigenvalue weighted by Crippen LogP contribution is -2.33. The standard InChI is InChI=1S/C18H25N5.HI/c1-23(2)14-16-8-4-3-7-15(16)13-22-18(19)21-12-10-17-9-5-6-11-20-17;/h3-9,11H,10,12-14H2,1-2H3,(H3,19,21,22);1H. The third-order valence-corrected chi connectivity index (χ3v) is 3.44. The van der Waals surface area contributed by atoms with E-state index in [-0.39, 0.29) is 24.0 Å². The predicted octanol–water partition coefficient (Wildman–Crippen LogP) is 2.41. The number of benzene rings is 1. The molecular formula is C18H26IN5. The normalized spacial score (nSPS) is 11.2. The number of aliphatic imine (C=N–C) groups is 1. The number of guanidine groups is 1. The zero-order chi connectivity index (χ0) is 16.5. The van der Waals surface area contributed by atoms with Gasteiger partial charge in [0.1, 0.15) is 0 Å². The zero-order valence-corrected chi connectivity index (χ0v) is 16.6. The predicted molar refractivity (Wildman–Crippen MR) is 111 cm³/mol. The lowest BCUT2D eigenvalue weighted by Gasteiger charge is -2.13. The monoisotopic (exact) mass is 439 g/mol. The lowest BCUT2D eigenvalue weighted by atomic mass is 10.1. The Kier molecular flexibility index (Phi) is 9.33. The van der Waals surface area contributed by atoms with Crippen LogP contribution in [-0.4, -0.2) is 36.5 Å². The Bertz CT molecular complexity index is 628. The zero-order valence-electron chi connectivity index (χ0n) is 14.3. The van der Waals surface area contributed by atoms with Gasteiger partial charge in [-0.05, 0) is 37.4 Å². The first-order valence-corrected chi connectivity index (χ1v) is 7.80. The van der Waals surface area contributed by atoms with Crippen LogP contribution >= 0.6 is 24.0 Å². The maximum Gasteiger partial charge on any atom is 0.188 e. The maximum atomic E-state index is 5.95. The molecule has 0 aliphatic rings. The molecule has 0 unspecified atom stereocenters. The van der Waals surface area contributed by atoms with Crippen LogP contribution in [0.15, 0.2) is 53.7 Å². The van der Waals surface area contributed by atoms with Gasteiger partial charge in [0.05, 0.1) is 6.54 Å². The number of nitrogens with zero attached hydrogens (tertiary/aromatic N) is 3. The highest BCUT2D eigenvalue weighted by atomic mass is 127. The number of hydrogen-bond donors (Lipinski definition) is 2. The van der Waals surface area contributed by atoms with Gasteiger partial charge < -0.3 is 16.0 Å². The summed E-state index contributed by atoms with van der Waals surface area (Å²) in [4.78, 5) is 10.9. The largest absolute Gasteiger partial charge is 0.370 e. The highest BCUT2D eigenvalue weighted by Gasteiger charge is 2.02. The van der Waals surface area contributed by atoms with E-state index in [0.717, 1.165) is 25.2 Å². The first kappa shape index (κ1) is 20.4. The van der Waals surface area contributed by atoms with Crippen LogP contribution < -0.4 is 11.1 Å². The Hall–Kier alpha value is -1.67. The quantitative estimate of drug-likeness (QED) is 0.395. The molecular weight excluding hydrogens is 413 g/mol. The van der Waals surface area contributed by atoms with Crippen LogP contribution in [-0.2, 0) is 19.5 Å². The van der Waals surface area contributed by atoms with Gasteiger partial charge in [0.15, 0.2) is 5.96 Å². The molecule has 2 aromatic rings. The SMILES string of the molecule is CN(C)Cc1ccccc1CN=C(N)NCCc1ccccn1.I. The van der Waals surface area contributed by atoms with Crippen molar-refractivity contribution >= 4 is 29.9 Å². The summed E-state index contributed by atoms with van der Waals surface area (Å²) in [5.74, 6) is 0.473. The Balaban J connectivity index is 0.00000288. The van der Waals surface area contributed by atoms with E-state index < -0.39 is 0 Å². The van der Waals surface area contributed by atoms with Crippen molar-refractivity contribution in [2.24, 2.45) is 10.7 Å². The minimum Gasteiger partial charge on any atom is -0.370 e. The summed E-state index contributed by atoms with van der Waals surface area (Å²) in [6, 6.07) is 14.2. The van der Waals surface area contributed by atoms with Crippen LogP contribution in [0.25, 0.3) is 0 Å². The average Bonchev–Trinajstić information content (AvgIpc) is 2.54. The molecule has 0 spiro atoms. The van der Waals surface area contributed by atoms with Crippen LogP contribution in [0.5, 0.6) is 0 Å². The molecule has 0 amide bonds. The Morgan fingerprint density at radius 1 is 1.12 bits per heavy atom. The Labute approximate surface area is 161 Å². The van der Waals surface area contributed by atoms with E-state index in [1.165, 1.54) is 11.1 Å². The summed E-state index contributed by atoms with van der Waals surface area (Å²) in [7, 11) is 4.13. The van der Waals surface area contributed by atoms with Crippen molar-refractivity contribution in [3.8, 4) is 0 Å². The minimum absolute atomic E-state index is 0. The fraction of sp³-hybridized carbons (Fsp3) is 0.333. The van der Waals surface area contributed by atoms with Gasteiger partial charge in [-0.3, -0.25) is 4.98 Å². The Morgan fingerprint density at radius 3 is 2.50 bits per heavy atom. The summed E-state index contributed by atoms with van der Waals surface area (Å²) < 4.78 is 0. The molecule has 6 heteroatoms. The molecule has 0 fully saturated rings. The van der Waals surface area contributed by atoms with E-state index in [9.17, 15) is 0 Å². The molecule has 0 radical (unpaired) electrons. The number of hydrogen-bond acceptors (Lipinski definition) is 3. The molecule has 1 aromatic heterocycles. The summed E-state index contributed by atoms with van der Waals surface area (Å²) in [5.41, 5.74) is 9.48. The number of rotatable bonds is 7. The third-order valence-electron chi connectivity index (χ3n) is 3.44. The van der Waals surface area contributed by atoms with Crippen molar-refractivity contribution in [3.05, 3.63) is 65.5 Å².